The Morgan fingerprint density at radius 1 is 1.25 bits per heavy atom. The van der Waals surface area contributed by atoms with Gasteiger partial charge in [0.05, 0.1) is 5.69 Å². The third-order valence-electron chi connectivity index (χ3n) is 4.08. The second-order valence-corrected chi connectivity index (χ2v) is 6.50. The molecule has 0 atom stereocenters. The molecule has 102 valence electrons. The Morgan fingerprint density at radius 3 is 2.95 bits per heavy atom. The summed E-state index contributed by atoms with van der Waals surface area (Å²) in [5.74, 6) is 0.349. The van der Waals surface area contributed by atoms with Crippen molar-refractivity contribution in [1.29, 1.82) is 0 Å². The lowest BCUT2D eigenvalue weighted by Gasteiger charge is -2.02. The summed E-state index contributed by atoms with van der Waals surface area (Å²) in [7, 11) is 0. The Hall–Kier alpha value is -1.68. The summed E-state index contributed by atoms with van der Waals surface area (Å²) >= 11 is 1.51. The van der Waals surface area contributed by atoms with E-state index in [2.05, 4.69) is 28.5 Å². The van der Waals surface area contributed by atoms with Gasteiger partial charge in [-0.15, -0.1) is 11.3 Å². The van der Waals surface area contributed by atoms with E-state index in [-0.39, 0.29) is 11.8 Å². The van der Waals surface area contributed by atoms with Gasteiger partial charge in [0.25, 0.3) is 0 Å². The van der Waals surface area contributed by atoms with Crippen LogP contribution in [0.25, 0.3) is 11.3 Å². The molecular formula is C16H16N2OS. The number of thiazole rings is 1. The van der Waals surface area contributed by atoms with Crippen molar-refractivity contribution >= 4 is 22.4 Å². The molecule has 0 spiro atoms. The second kappa shape index (κ2) is 4.70. The number of carbonyl (C=O) groups is 1. The molecule has 0 aliphatic heterocycles. The SMILES string of the molecule is O=C(Nc1nc(-c2ccc3c(c2)CCC3)cs1)C1CC1. The summed E-state index contributed by atoms with van der Waals surface area (Å²) in [6, 6.07) is 6.62. The molecule has 4 heteroatoms. The zero-order valence-electron chi connectivity index (χ0n) is 11.2. The van der Waals surface area contributed by atoms with Crippen molar-refractivity contribution in [3.63, 3.8) is 0 Å². The predicted molar refractivity (Wildman–Crippen MR) is 80.9 cm³/mol. The Balaban J connectivity index is 1.56. The van der Waals surface area contributed by atoms with Crippen molar-refractivity contribution in [1.82, 2.24) is 4.98 Å². The Kier molecular flexibility index (Phi) is 2.84. The first-order valence-electron chi connectivity index (χ1n) is 7.18. The van der Waals surface area contributed by atoms with Crippen LogP contribution in [0.1, 0.15) is 30.4 Å². The third-order valence-corrected chi connectivity index (χ3v) is 4.83. The van der Waals surface area contributed by atoms with E-state index in [1.54, 1.807) is 0 Å². The van der Waals surface area contributed by atoms with E-state index in [4.69, 9.17) is 0 Å². The minimum Gasteiger partial charge on any atom is -0.302 e. The van der Waals surface area contributed by atoms with Crippen molar-refractivity contribution in [2.45, 2.75) is 32.1 Å². The summed E-state index contributed by atoms with van der Waals surface area (Å²) in [4.78, 5) is 16.3. The van der Waals surface area contributed by atoms with E-state index >= 15 is 0 Å². The van der Waals surface area contributed by atoms with Gasteiger partial charge in [0.2, 0.25) is 5.91 Å². The van der Waals surface area contributed by atoms with Gasteiger partial charge in [-0.05, 0) is 49.3 Å². The minimum absolute atomic E-state index is 0.125. The van der Waals surface area contributed by atoms with Crippen molar-refractivity contribution < 1.29 is 4.79 Å². The molecule has 1 aromatic heterocycles. The number of nitrogens with one attached hydrogen (secondary N) is 1. The highest BCUT2D eigenvalue weighted by Crippen LogP contribution is 2.32. The smallest absolute Gasteiger partial charge is 0.229 e. The summed E-state index contributed by atoms with van der Waals surface area (Å²) < 4.78 is 0. The molecule has 4 rings (SSSR count). The highest BCUT2D eigenvalue weighted by Gasteiger charge is 2.30. The number of carbonyl (C=O) groups excluding carboxylic acids is 1. The number of hydrogen-bond donors (Lipinski definition) is 1. The van der Waals surface area contributed by atoms with Gasteiger partial charge in [-0.2, -0.15) is 0 Å². The van der Waals surface area contributed by atoms with Gasteiger partial charge in [-0.25, -0.2) is 4.98 Å². The maximum atomic E-state index is 11.7. The van der Waals surface area contributed by atoms with Crippen molar-refractivity contribution in [3.8, 4) is 11.3 Å². The number of fused-ring (bicyclic) bond motifs is 1. The summed E-state index contributed by atoms with van der Waals surface area (Å²) in [6.45, 7) is 0. The molecule has 1 amide bonds. The van der Waals surface area contributed by atoms with E-state index in [9.17, 15) is 4.79 Å². The average molecular weight is 284 g/mol. The highest BCUT2D eigenvalue weighted by molar-refractivity contribution is 7.14. The van der Waals surface area contributed by atoms with E-state index in [0.29, 0.717) is 0 Å². The summed E-state index contributed by atoms with van der Waals surface area (Å²) in [5.41, 5.74) is 5.06. The largest absolute Gasteiger partial charge is 0.302 e. The maximum Gasteiger partial charge on any atom is 0.229 e. The van der Waals surface area contributed by atoms with Gasteiger partial charge in [0.15, 0.2) is 5.13 Å². The number of rotatable bonds is 3. The first-order chi connectivity index (χ1) is 9.79. The lowest BCUT2D eigenvalue weighted by atomic mass is 10.1. The quantitative estimate of drug-likeness (QED) is 0.934. The third kappa shape index (κ3) is 2.24. The second-order valence-electron chi connectivity index (χ2n) is 5.64. The fourth-order valence-electron chi connectivity index (χ4n) is 2.75. The molecule has 0 radical (unpaired) electrons. The Bertz CT molecular complexity index is 673. The van der Waals surface area contributed by atoms with Gasteiger partial charge in [0.1, 0.15) is 0 Å². The van der Waals surface area contributed by atoms with E-state index in [1.165, 1.54) is 41.7 Å². The normalized spacial score (nSPS) is 17.0. The molecule has 3 nitrogen and oxygen atoms in total. The molecule has 20 heavy (non-hydrogen) atoms. The van der Waals surface area contributed by atoms with Gasteiger partial charge in [-0.1, -0.05) is 12.1 Å². The standard InChI is InChI=1S/C16H16N2OS/c19-15(11-5-6-11)18-16-17-14(9-20-16)13-7-4-10-2-1-3-12(10)8-13/h4,7-9,11H,1-3,5-6H2,(H,17,18,19). The highest BCUT2D eigenvalue weighted by atomic mass is 32.1. The number of aromatic nitrogens is 1. The van der Waals surface area contributed by atoms with Gasteiger partial charge in [-0.3, -0.25) is 4.79 Å². The van der Waals surface area contributed by atoms with Gasteiger partial charge < -0.3 is 5.32 Å². The van der Waals surface area contributed by atoms with Crippen molar-refractivity contribution in [3.05, 3.63) is 34.7 Å². The molecule has 1 heterocycles. The van der Waals surface area contributed by atoms with Crippen LogP contribution in [-0.2, 0) is 17.6 Å². The van der Waals surface area contributed by atoms with Gasteiger partial charge in [0, 0.05) is 16.9 Å². The lowest BCUT2D eigenvalue weighted by molar-refractivity contribution is -0.117. The Labute approximate surface area is 122 Å². The number of aryl methyl sites for hydroxylation is 2. The molecule has 2 aliphatic carbocycles. The maximum absolute atomic E-state index is 11.7. The first-order valence-corrected chi connectivity index (χ1v) is 8.06. The lowest BCUT2D eigenvalue weighted by Crippen LogP contribution is -2.12. The number of nitrogens with zero attached hydrogens (tertiary/aromatic N) is 1. The number of anilines is 1. The predicted octanol–water partition coefficient (Wildman–Crippen LogP) is 3.65. The van der Waals surface area contributed by atoms with Crippen LogP contribution in [-0.4, -0.2) is 10.9 Å². The zero-order valence-corrected chi connectivity index (χ0v) is 12.0. The number of hydrogen-bond acceptors (Lipinski definition) is 3. The van der Waals surface area contributed by atoms with E-state index in [1.807, 2.05) is 5.38 Å². The minimum atomic E-state index is 0.125. The molecule has 1 fully saturated rings. The van der Waals surface area contributed by atoms with Crippen LogP contribution in [0.15, 0.2) is 23.6 Å². The van der Waals surface area contributed by atoms with E-state index in [0.717, 1.165) is 29.2 Å². The molecular weight excluding hydrogens is 268 g/mol. The zero-order chi connectivity index (χ0) is 13.5. The first kappa shape index (κ1) is 12.1. The van der Waals surface area contributed by atoms with Crippen LogP contribution in [0.3, 0.4) is 0 Å². The number of benzene rings is 1. The molecule has 1 N–H and O–H groups in total. The number of amides is 1. The molecule has 1 saturated carbocycles. The van der Waals surface area contributed by atoms with E-state index < -0.39 is 0 Å². The fourth-order valence-corrected chi connectivity index (χ4v) is 3.47. The molecule has 0 saturated heterocycles. The molecule has 1 aromatic carbocycles. The Morgan fingerprint density at radius 2 is 2.10 bits per heavy atom. The van der Waals surface area contributed by atoms with Crippen LogP contribution in [0.4, 0.5) is 5.13 Å². The van der Waals surface area contributed by atoms with Crippen molar-refractivity contribution in [2.75, 3.05) is 5.32 Å². The summed E-state index contributed by atoms with van der Waals surface area (Å²) in [6.07, 6.45) is 5.69. The van der Waals surface area contributed by atoms with Crippen LogP contribution in [0.5, 0.6) is 0 Å². The van der Waals surface area contributed by atoms with Gasteiger partial charge >= 0.3 is 0 Å². The monoisotopic (exact) mass is 284 g/mol. The van der Waals surface area contributed by atoms with Crippen LogP contribution >= 0.6 is 11.3 Å². The molecule has 0 unspecified atom stereocenters. The summed E-state index contributed by atoms with van der Waals surface area (Å²) in [5, 5.41) is 5.66. The molecule has 0 bridgehead atoms. The van der Waals surface area contributed by atoms with Crippen LogP contribution in [0.2, 0.25) is 0 Å². The molecule has 2 aromatic rings. The average Bonchev–Trinajstić information content (AvgIpc) is 3.03. The van der Waals surface area contributed by atoms with Crippen LogP contribution in [0, 0.1) is 5.92 Å². The molecule has 2 aliphatic rings. The topological polar surface area (TPSA) is 42.0 Å². The fraction of sp³-hybridized carbons (Fsp3) is 0.375. The van der Waals surface area contributed by atoms with Crippen molar-refractivity contribution in [2.24, 2.45) is 5.92 Å². The van der Waals surface area contributed by atoms with Crippen LogP contribution < -0.4 is 5.32 Å².